The van der Waals surface area contributed by atoms with Crippen LogP contribution in [0.2, 0.25) is 0 Å². The normalized spacial score (nSPS) is 9.68. The summed E-state index contributed by atoms with van der Waals surface area (Å²) in [5.74, 6) is -6.80. The molecule has 0 aromatic rings. The Kier molecular flexibility index (Phi) is 13.3. The van der Waals surface area contributed by atoms with Crippen molar-refractivity contribution in [2.45, 2.75) is 18.4 Å². The van der Waals surface area contributed by atoms with Gasteiger partial charge in [0, 0.05) is 0 Å². The van der Waals surface area contributed by atoms with Gasteiger partial charge in [0.25, 0.3) is 0 Å². The molecule has 0 atom stereocenters. The first-order valence-electron chi connectivity index (χ1n) is 4.10. The van der Waals surface area contributed by atoms with E-state index in [0.29, 0.717) is 0 Å². The van der Waals surface area contributed by atoms with Crippen LogP contribution in [0.25, 0.3) is 0 Å². The van der Waals surface area contributed by atoms with Crippen molar-refractivity contribution in [3.05, 3.63) is 6.61 Å². The minimum atomic E-state index is -2.64. The molecule has 0 saturated carbocycles. The molecule has 0 unspecified atom stereocenters. The Morgan fingerprint density at radius 1 is 0.895 bits per heavy atom. The molecule has 1 radical (unpaired) electrons. The monoisotopic (exact) mass is 297 g/mol. The van der Waals surface area contributed by atoms with Crippen LogP contribution in [0.4, 0.5) is 0 Å². The second kappa shape index (κ2) is 10.6. The molecule has 0 rings (SSSR count). The van der Waals surface area contributed by atoms with Gasteiger partial charge in [-0.25, -0.2) is 9.59 Å². The fraction of sp³-hybridized carbons (Fsp3) is 0.375. The van der Waals surface area contributed by atoms with Gasteiger partial charge in [0.15, 0.2) is 12.2 Å². The number of aliphatic carboxylic acids is 4. The van der Waals surface area contributed by atoms with E-state index in [1.807, 2.05) is 0 Å². The number of hydrogen-bond acceptors (Lipinski definition) is 5. The number of carboxylic acid groups (broad SMARTS) is 4. The summed E-state index contributed by atoms with van der Waals surface area (Å²) in [6.07, 6.45) is -2.36. The van der Waals surface area contributed by atoms with E-state index in [9.17, 15) is 19.2 Å². The zero-order valence-electron chi connectivity index (χ0n) is 8.32. The molecule has 11 heteroatoms. The van der Waals surface area contributed by atoms with Crippen molar-refractivity contribution >= 4 is 83.0 Å². The quantitative estimate of drug-likeness (QED) is 0.362. The average Bonchev–Trinajstić information content (AvgIpc) is 2.11. The van der Waals surface area contributed by atoms with Crippen LogP contribution in [-0.4, -0.2) is 109 Å². The molecule has 9 nitrogen and oxygen atoms in total. The number of ether oxygens (including phenoxy) is 1. The van der Waals surface area contributed by atoms with Gasteiger partial charge >= 0.3 is 83.0 Å². The number of carbonyl (C=O) groups is 4. The molecule has 0 amide bonds. The summed E-state index contributed by atoms with van der Waals surface area (Å²) in [5, 5.41) is 34.0. The van der Waals surface area contributed by atoms with Crippen LogP contribution < -0.4 is 0 Å². The fourth-order valence-electron chi connectivity index (χ4n) is 0.999. The van der Waals surface area contributed by atoms with Crippen LogP contribution in [0.1, 0.15) is 12.8 Å². The van der Waals surface area contributed by atoms with Crippen molar-refractivity contribution in [2.24, 2.45) is 0 Å². The van der Waals surface area contributed by atoms with Gasteiger partial charge in [-0.1, -0.05) is 0 Å². The molecule has 0 fully saturated rings. The molecule has 0 aliphatic carbocycles. The third kappa shape index (κ3) is 9.38. The van der Waals surface area contributed by atoms with Gasteiger partial charge in [0.2, 0.25) is 0 Å². The van der Waals surface area contributed by atoms with Crippen molar-refractivity contribution in [1.29, 1.82) is 0 Å². The molecule has 0 aromatic carbocycles. The summed E-state index contributed by atoms with van der Waals surface area (Å²) >= 11 is 0. The zero-order valence-corrected chi connectivity index (χ0v) is 8.32. The van der Waals surface area contributed by atoms with Gasteiger partial charge in [-0.05, 0) is 0 Å². The maximum absolute atomic E-state index is 10.8. The van der Waals surface area contributed by atoms with Gasteiger partial charge in [-0.3, -0.25) is 9.59 Å². The van der Waals surface area contributed by atoms with Gasteiger partial charge in [-0.15, -0.1) is 0 Å². The molecule has 0 bridgehead atoms. The molecule has 4 N–H and O–H groups in total. The van der Waals surface area contributed by atoms with Gasteiger partial charge in [-0.2, -0.15) is 0 Å². The molecule has 0 aromatic heterocycles. The van der Waals surface area contributed by atoms with E-state index in [1.165, 1.54) is 0 Å². The Morgan fingerprint density at radius 3 is 1.47 bits per heavy atom. The van der Waals surface area contributed by atoms with Crippen LogP contribution in [-0.2, 0) is 23.9 Å². The average molecular weight is 297 g/mol. The summed E-state index contributed by atoms with van der Waals surface area (Å²) in [6, 6.07) is 0. The third-order valence-electron chi connectivity index (χ3n) is 1.65. The Hall–Kier alpha value is -0.160. The Bertz CT molecular complexity index is 338. The standard InChI is InChI=1S/C8H9O9.2Na.2H/c9-4(10)1-8(7(15)16,2-5(11)12)17-3-6(13)14;;;;/h3H,1-2H2,(H,9,10)(H,11,12)(H,13,14)(H,15,16);;;;. The summed E-state index contributed by atoms with van der Waals surface area (Å²) < 4.78 is 4.29. The van der Waals surface area contributed by atoms with E-state index in [0.717, 1.165) is 0 Å². The van der Waals surface area contributed by atoms with Crippen LogP contribution in [0, 0.1) is 6.61 Å². The Morgan fingerprint density at radius 2 is 1.26 bits per heavy atom. The van der Waals surface area contributed by atoms with E-state index in [2.05, 4.69) is 4.74 Å². The van der Waals surface area contributed by atoms with Gasteiger partial charge in [0.1, 0.15) is 0 Å². The second-order valence-corrected chi connectivity index (χ2v) is 3.01. The van der Waals surface area contributed by atoms with Gasteiger partial charge in [0.05, 0.1) is 12.8 Å². The van der Waals surface area contributed by atoms with Crippen molar-refractivity contribution in [3.63, 3.8) is 0 Å². The predicted molar refractivity (Wildman–Crippen MR) is 62.2 cm³/mol. The second-order valence-electron chi connectivity index (χ2n) is 3.01. The van der Waals surface area contributed by atoms with E-state index in [4.69, 9.17) is 20.4 Å². The van der Waals surface area contributed by atoms with Crippen molar-refractivity contribution in [3.8, 4) is 0 Å². The Labute approximate surface area is 151 Å². The number of carboxylic acids is 4. The summed E-state index contributed by atoms with van der Waals surface area (Å²) in [5.41, 5.74) is -2.64. The molecule has 0 saturated heterocycles. The number of rotatable bonds is 8. The molecule has 19 heavy (non-hydrogen) atoms. The zero-order chi connectivity index (χ0) is 13.6. The molecule has 0 spiro atoms. The summed E-state index contributed by atoms with van der Waals surface area (Å²) in [7, 11) is 0. The van der Waals surface area contributed by atoms with Crippen molar-refractivity contribution in [1.82, 2.24) is 0 Å². The molecular formula is C8H11Na2O9. The van der Waals surface area contributed by atoms with E-state index >= 15 is 0 Å². The van der Waals surface area contributed by atoms with Crippen LogP contribution in [0.15, 0.2) is 0 Å². The topological polar surface area (TPSA) is 158 Å². The van der Waals surface area contributed by atoms with E-state index in [-0.39, 0.29) is 65.7 Å². The number of hydrogen-bond donors (Lipinski definition) is 4. The maximum atomic E-state index is 10.8. The van der Waals surface area contributed by atoms with Crippen LogP contribution in [0.3, 0.4) is 0 Å². The van der Waals surface area contributed by atoms with Crippen LogP contribution >= 0.6 is 0 Å². The predicted octanol–water partition coefficient (Wildman–Crippen LogP) is -2.27. The van der Waals surface area contributed by atoms with Crippen LogP contribution in [0.5, 0.6) is 0 Å². The third-order valence-corrected chi connectivity index (χ3v) is 1.65. The van der Waals surface area contributed by atoms with Crippen molar-refractivity contribution < 1.29 is 44.3 Å². The first-order chi connectivity index (χ1) is 7.69. The van der Waals surface area contributed by atoms with E-state index < -0.39 is 42.3 Å². The van der Waals surface area contributed by atoms with Crippen molar-refractivity contribution in [2.75, 3.05) is 0 Å². The van der Waals surface area contributed by atoms with Gasteiger partial charge < -0.3 is 25.2 Å². The summed E-state index contributed by atoms with van der Waals surface area (Å²) in [6.45, 7) is 0.0417. The SMILES string of the molecule is O=C(O)[CH]OC(CC(=O)O)(CC(=O)O)C(=O)O.[NaH].[NaH]. The first-order valence-corrected chi connectivity index (χ1v) is 4.10. The Balaban J connectivity index is -0.00000128. The van der Waals surface area contributed by atoms with E-state index in [1.54, 1.807) is 0 Å². The summed E-state index contributed by atoms with van der Waals surface area (Å²) in [4.78, 5) is 41.9. The molecule has 0 aliphatic heterocycles. The molecule has 0 aliphatic rings. The molecule has 0 heterocycles. The molecule has 99 valence electrons. The molecular weight excluding hydrogens is 286 g/mol. The fourth-order valence-corrected chi connectivity index (χ4v) is 0.999. The first kappa shape index (κ1) is 23.9. The minimum absolute atomic E-state index is 0.